The smallest absolute Gasteiger partial charge is 0.335 e. The summed E-state index contributed by atoms with van der Waals surface area (Å²) in [6.45, 7) is 6.92. The molecule has 260 valence electrons. The summed E-state index contributed by atoms with van der Waals surface area (Å²) in [5, 5.41) is 2.44. The molecule has 1 heterocycles. The van der Waals surface area contributed by atoms with E-state index in [-0.39, 0.29) is 0 Å². The van der Waals surface area contributed by atoms with Gasteiger partial charge in [0.15, 0.2) is 0 Å². The molecule has 0 N–H and O–H groups in total. The summed E-state index contributed by atoms with van der Waals surface area (Å²) < 4.78 is 12.8. The fourth-order valence-electron chi connectivity index (χ4n) is 6.75. The van der Waals surface area contributed by atoms with E-state index in [1.54, 1.807) is 24.3 Å². The average molecular weight is 703 g/mol. The van der Waals surface area contributed by atoms with Crippen molar-refractivity contribution in [2.75, 3.05) is 4.90 Å². The third-order valence-corrected chi connectivity index (χ3v) is 9.34. The summed E-state index contributed by atoms with van der Waals surface area (Å²) in [4.78, 5) is 25.5. The fourth-order valence-corrected chi connectivity index (χ4v) is 6.75. The van der Waals surface area contributed by atoms with Gasteiger partial charge in [0.2, 0.25) is 0 Å². The topological polar surface area (TPSA) is 60.8 Å². The lowest BCUT2D eigenvalue weighted by atomic mass is 10.0. The number of anilines is 3. The lowest BCUT2D eigenvalue weighted by molar-refractivity contribution is -0.129. The van der Waals surface area contributed by atoms with E-state index in [4.69, 9.17) is 9.47 Å². The Morgan fingerprint density at radius 3 is 1.15 bits per heavy atom. The van der Waals surface area contributed by atoms with Gasteiger partial charge in [-0.15, -0.1) is 0 Å². The van der Waals surface area contributed by atoms with Crippen LogP contribution < -0.4 is 14.4 Å². The molecule has 6 heteroatoms. The van der Waals surface area contributed by atoms with Crippen LogP contribution in [-0.2, 0) is 9.59 Å². The van der Waals surface area contributed by atoms with Gasteiger partial charge in [-0.2, -0.15) is 0 Å². The van der Waals surface area contributed by atoms with Crippen molar-refractivity contribution < 1.29 is 19.1 Å². The summed E-state index contributed by atoms with van der Waals surface area (Å²) in [7, 11) is 0. The van der Waals surface area contributed by atoms with Crippen LogP contribution in [0.25, 0.3) is 49.7 Å². The van der Waals surface area contributed by atoms with Crippen LogP contribution in [-0.4, -0.2) is 16.5 Å². The molecular formula is C48H34N2O4. The van der Waals surface area contributed by atoms with E-state index < -0.39 is 11.9 Å². The van der Waals surface area contributed by atoms with Crippen LogP contribution in [0.1, 0.15) is 0 Å². The second-order valence-electron chi connectivity index (χ2n) is 12.6. The van der Waals surface area contributed by atoms with Crippen LogP contribution in [0.4, 0.5) is 17.1 Å². The van der Waals surface area contributed by atoms with Crippen molar-refractivity contribution in [3.05, 3.63) is 195 Å². The fraction of sp³-hybridized carbons (Fsp3) is 0. The SMILES string of the molecule is C=CC(=O)Oc1ccc(-c2ccc(N(c3ccc(-c4ccc(OC(=O)C=C)cc4)cc3)c3ccc(-n4c5ccccc5c5ccccc54)cc3)cc2)cc1. The number of carbonyl (C=O) groups excluding carboxylic acids is 2. The number of fused-ring (bicyclic) bond motifs is 3. The van der Waals surface area contributed by atoms with Crippen LogP contribution in [0.15, 0.2) is 195 Å². The second-order valence-corrected chi connectivity index (χ2v) is 12.6. The third-order valence-electron chi connectivity index (χ3n) is 9.34. The van der Waals surface area contributed by atoms with E-state index >= 15 is 0 Å². The van der Waals surface area contributed by atoms with E-state index in [1.165, 1.54) is 10.8 Å². The summed E-state index contributed by atoms with van der Waals surface area (Å²) in [6.07, 6.45) is 2.29. The van der Waals surface area contributed by atoms with Crippen molar-refractivity contribution >= 4 is 50.8 Å². The van der Waals surface area contributed by atoms with Gasteiger partial charge in [0, 0.05) is 45.7 Å². The average Bonchev–Trinajstić information content (AvgIpc) is 3.57. The number of para-hydroxylation sites is 2. The maximum absolute atomic E-state index is 11.6. The van der Waals surface area contributed by atoms with Gasteiger partial charge in [-0.25, -0.2) is 9.59 Å². The van der Waals surface area contributed by atoms with Crippen molar-refractivity contribution in [3.8, 4) is 39.4 Å². The molecular weight excluding hydrogens is 669 g/mol. The Balaban J connectivity index is 1.14. The molecule has 0 spiro atoms. The quantitative estimate of drug-likeness (QED) is 0.0806. The number of esters is 2. The van der Waals surface area contributed by atoms with Gasteiger partial charge in [0.05, 0.1) is 11.0 Å². The highest BCUT2D eigenvalue weighted by Gasteiger charge is 2.16. The van der Waals surface area contributed by atoms with Gasteiger partial charge < -0.3 is 18.9 Å². The minimum atomic E-state index is -0.493. The van der Waals surface area contributed by atoms with Crippen LogP contribution >= 0.6 is 0 Å². The van der Waals surface area contributed by atoms with Gasteiger partial charge in [0.25, 0.3) is 0 Å². The van der Waals surface area contributed by atoms with Crippen LogP contribution in [0.3, 0.4) is 0 Å². The number of rotatable bonds is 10. The van der Waals surface area contributed by atoms with Gasteiger partial charge >= 0.3 is 11.9 Å². The number of ether oxygens (including phenoxy) is 2. The summed E-state index contributed by atoms with van der Waals surface area (Å²) >= 11 is 0. The maximum Gasteiger partial charge on any atom is 0.335 e. The zero-order valence-corrected chi connectivity index (χ0v) is 29.3. The van der Waals surface area contributed by atoms with Crippen LogP contribution in [0.5, 0.6) is 11.5 Å². The summed E-state index contributed by atoms with van der Waals surface area (Å²) in [6, 6.07) is 57.3. The molecule has 1 aromatic heterocycles. The normalized spacial score (nSPS) is 10.9. The number of carbonyl (C=O) groups is 2. The maximum atomic E-state index is 11.6. The highest BCUT2D eigenvalue weighted by molar-refractivity contribution is 6.09. The first-order valence-electron chi connectivity index (χ1n) is 17.5. The molecule has 0 amide bonds. The molecule has 0 aliphatic heterocycles. The van der Waals surface area contributed by atoms with E-state index in [9.17, 15) is 9.59 Å². The molecule has 0 fully saturated rings. The molecule has 54 heavy (non-hydrogen) atoms. The van der Waals surface area contributed by atoms with E-state index in [2.05, 4.69) is 144 Å². The Morgan fingerprint density at radius 2 is 0.778 bits per heavy atom. The number of benzene rings is 7. The molecule has 8 aromatic rings. The van der Waals surface area contributed by atoms with Crippen LogP contribution in [0, 0.1) is 0 Å². The molecule has 0 aliphatic carbocycles. The molecule has 0 unspecified atom stereocenters. The third kappa shape index (κ3) is 6.67. The summed E-state index contributed by atoms with van der Waals surface area (Å²) in [5.41, 5.74) is 10.4. The highest BCUT2D eigenvalue weighted by atomic mass is 16.5. The Hall–Kier alpha value is -7.44. The molecule has 0 atom stereocenters. The van der Waals surface area contributed by atoms with Crippen molar-refractivity contribution in [1.29, 1.82) is 0 Å². The monoisotopic (exact) mass is 702 g/mol. The van der Waals surface area contributed by atoms with Crippen LogP contribution in [0.2, 0.25) is 0 Å². The standard InChI is InChI=1S/C48H34N2O4/c1-3-47(51)53-41-29-17-35(18-30-41)33-13-21-37(22-14-33)49(38-23-15-34(16-24-38)36-19-31-42(32-20-36)54-48(52)4-2)39-25-27-40(28-26-39)50-45-11-7-5-9-43(45)44-10-6-8-12-46(44)50/h3-32H,1-2H2. The van der Waals surface area contributed by atoms with E-state index in [1.807, 2.05) is 24.3 Å². The number of nitrogens with zero attached hydrogens (tertiary/aromatic N) is 2. The Kier molecular flexibility index (Phi) is 9.14. The predicted octanol–water partition coefficient (Wildman–Crippen LogP) is 11.8. The number of hydrogen-bond acceptors (Lipinski definition) is 5. The number of hydrogen-bond donors (Lipinski definition) is 0. The lowest BCUT2D eigenvalue weighted by Gasteiger charge is -2.26. The van der Waals surface area contributed by atoms with Crippen molar-refractivity contribution in [1.82, 2.24) is 4.57 Å². The molecule has 7 aromatic carbocycles. The van der Waals surface area contributed by atoms with Crippen molar-refractivity contribution in [2.45, 2.75) is 0 Å². The lowest BCUT2D eigenvalue weighted by Crippen LogP contribution is -2.10. The highest BCUT2D eigenvalue weighted by Crippen LogP contribution is 2.38. The Labute approximate surface area is 313 Å². The van der Waals surface area contributed by atoms with Crippen molar-refractivity contribution in [2.24, 2.45) is 0 Å². The van der Waals surface area contributed by atoms with Gasteiger partial charge in [0.1, 0.15) is 11.5 Å². The zero-order valence-electron chi connectivity index (χ0n) is 29.3. The predicted molar refractivity (Wildman–Crippen MR) is 218 cm³/mol. The number of aromatic nitrogens is 1. The van der Waals surface area contributed by atoms with Gasteiger partial charge in [-0.1, -0.05) is 98.1 Å². The first-order chi connectivity index (χ1) is 26.5. The van der Waals surface area contributed by atoms with E-state index in [0.29, 0.717) is 11.5 Å². The molecule has 0 saturated carbocycles. The molecule has 0 aliphatic rings. The first-order valence-corrected chi connectivity index (χ1v) is 17.5. The summed E-state index contributed by atoms with van der Waals surface area (Å²) in [5.74, 6) is -0.0572. The molecule has 0 bridgehead atoms. The zero-order chi connectivity index (χ0) is 37.0. The first kappa shape index (κ1) is 33.7. The van der Waals surface area contributed by atoms with E-state index in [0.717, 1.165) is 68.2 Å². The van der Waals surface area contributed by atoms with Gasteiger partial charge in [-0.05, 0) is 107 Å². The molecule has 6 nitrogen and oxygen atoms in total. The Bertz CT molecular complexity index is 2480. The molecule has 0 saturated heterocycles. The Morgan fingerprint density at radius 1 is 0.444 bits per heavy atom. The second kappa shape index (κ2) is 14.7. The minimum absolute atomic E-state index is 0.464. The molecule has 8 rings (SSSR count). The largest absolute Gasteiger partial charge is 0.423 e. The van der Waals surface area contributed by atoms with Gasteiger partial charge in [-0.3, -0.25) is 0 Å². The minimum Gasteiger partial charge on any atom is -0.423 e. The molecule has 0 radical (unpaired) electrons. The van der Waals surface area contributed by atoms with Crippen molar-refractivity contribution in [3.63, 3.8) is 0 Å².